The lowest BCUT2D eigenvalue weighted by Gasteiger charge is -2.08. The molecule has 0 spiro atoms. The number of rotatable bonds is 4. The predicted octanol–water partition coefficient (Wildman–Crippen LogP) is 2.16. The summed E-state index contributed by atoms with van der Waals surface area (Å²) in [5.74, 6) is -0.550. The number of amides is 3. The van der Waals surface area contributed by atoms with E-state index in [1.165, 1.54) is 6.07 Å². The van der Waals surface area contributed by atoms with Gasteiger partial charge in [-0.25, -0.2) is 9.78 Å². The molecule has 7 heteroatoms. The standard InChI is InChI=1S/C14H13ClN4O2/c15-12-5-4-9(7-17-12)8-18-14(21)19-11-3-1-2-10(6-11)13(16)20/h1-7H,8H2,(H2,16,20)(H2,18,19,21). The smallest absolute Gasteiger partial charge is 0.319 e. The van der Waals surface area contributed by atoms with Crippen LogP contribution in [0.4, 0.5) is 10.5 Å². The molecule has 4 N–H and O–H groups in total. The molecule has 0 atom stereocenters. The van der Waals surface area contributed by atoms with Crippen molar-refractivity contribution in [3.8, 4) is 0 Å². The van der Waals surface area contributed by atoms with Gasteiger partial charge in [0.1, 0.15) is 5.15 Å². The highest BCUT2D eigenvalue weighted by atomic mass is 35.5. The summed E-state index contributed by atoms with van der Waals surface area (Å²) < 4.78 is 0. The van der Waals surface area contributed by atoms with Crippen LogP contribution in [0, 0.1) is 0 Å². The third kappa shape index (κ3) is 4.47. The van der Waals surface area contributed by atoms with E-state index in [2.05, 4.69) is 15.6 Å². The van der Waals surface area contributed by atoms with E-state index in [9.17, 15) is 9.59 Å². The molecule has 1 aromatic heterocycles. The Balaban J connectivity index is 1.91. The number of benzene rings is 1. The number of pyridine rings is 1. The van der Waals surface area contributed by atoms with Gasteiger partial charge in [-0.2, -0.15) is 0 Å². The molecule has 0 fully saturated rings. The minimum atomic E-state index is -0.550. The highest BCUT2D eigenvalue weighted by Crippen LogP contribution is 2.10. The summed E-state index contributed by atoms with van der Waals surface area (Å²) in [5, 5.41) is 5.68. The van der Waals surface area contributed by atoms with Crippen LogP contribution in [0.1, 0.15) is 15.9 Å². The van der Waals surface area contributed by atoms with E-state index in [1.807, 2.05) is 0 Å². The van der Waals surface area contributed by atoms with E-state index in [-0.39, 0.29) is 0 Å². The molecule has 0 aliphatic carbocycles. The van der Waals surface area contributed by atoms with Gasteiger partial charge in [0.2, 0.25) is 5.91 Å². The van der Waals surface area contributed by atoms with E-state index in [1.54, 1.807) is 36.5 Å². The summed E-state index contributed by atoms with van der Waals surface area (Å²) in [7, 11) is 0. The second-order valence-corrected chi connectivity index (χ2v) is 4.63. The lowest BCUT2D eigenvalue weighted by molar-refractivity contribution is 0.100. The number of carbonyl (C=O) groups is 2. The molecule has 0 aliphatic heterocycles. The Hall–Kier alpha value is -2.60. The minimum absolute atomic E-state index is 0.311. The molecule has 0 aliphatic rings. The van der Waals surface area contributed by atoms with Crippen molar-refractivity contribution in [1.29, 1.82) is 0 Å². The summed E-state index contributed by atoms with van der Waals surface area (Å²) in [4.78, 5) is 26.7. The zero-order valence-electron chi connectivity index (χ0n) is 11.0. The average Bonchev–Trinajstić information content (AvgIpc) is 2.47. The lowest BCUT2D eigenvalue weighted by Crippen LogP contribution is -2.28. The van der Waals surface area contributed by atoms with Crippen LogP contribution in [0.3, 0.4) is 0 Å². The first-order valence-electron chi connectivity index (χ1n) is 6.10. The zero-order valence-corrected chi connectivity index (χ0v) is 11.7. The van der Waals surface area contributed by atoms with Gasteiger partial charge in [0.25, 0.3) is 0 Å². The third-order valence-electron chi connectivity index (χ3n) is 2.65. The second-order valence-electron chi connectivity index (χ2n) is 4.24. The largest absolute Gasteiger partial charge is 0.366 e. The van der Waals surface area contributed by atoms with Crippen LogP contribution >= 0.6 is 11.6 Å². The SMILES string of the molecule is NC(=O)c1cccc(NC(=O)NCc2ccc(Cl)nc2)c1. The molecule has 21 heavy (non-hydrogen) atoms. The van der Waals surface area contributed by atoms with Crippen molar-refractivity contribution in [2.45, 2.75) is 6.54 Å². The number of carbonyl (C=O) groups excluding carboxylic acids is 2. The predicted molar refractivity (Wildman–Crippen MR) is 80.1 cm³/mol. The molecular weight excluding hydrogens is 292 g/mol. The fourth-order valence-electron chi connectivity index (χ4n) is 1.62. The van der Waals surface area contributed by atoms with Crippen molar-refractivity contribution in [2.24, 2.45) is 5.73 Å². The van der Waals surface area contributed by atoms with Crippen LogP contribution < -0.4 is 16.4 Å². The number of hydrogen-bond donors (Lipinski definition) is 3. The minimum Gasteiger partial charge on any atom is -0.366 e. The third-order valence-corrected chi connectivity index (χ3v) is 2.87. The summed E-state index contributed by atoms with van der Waals surface area (Å²) in [6, 6.07) is 9.40. The summed E-state index contributed by atoms with van der Waals surface area (Å²) in [6.07, 6.45) is 1.58. The first-order chi connectivity index (χ1) is 10.0. The first-order valence-corrected chi connectivity index (χ1v) is 6.47. The van der Waals surface area contributed by atoms with Crippen LogP contribution in [0.5, 0.6) is 0 Å². The zero-order chi connectivity index (χ0) is 15.2. The van der Waals surface area contributed by atoms with E-state index in [4.69, 9.17) is 17.3 Å². The number of nitrogens with zero attached hydrogens (tertiary/aromatic N) is 1. The second kappa shape index (κ2) is 6.71. The average molecular weight is 305 g/mol. The number of anilines is 1. The molecule has 2 rings (SSSR count). The van der Waals surface area contributed by atoms with E-state index in [0.29, 0.717) is 22.9 Å². The monoisotopic (exact) mass is 304 g/mol. The highest BCUT2D eigenvalue weighted by molar-refractivity contribution is 6.29. The van der Waals surface area contributed by atoms with E-state index >= 15 is 0 Å². The van der Waals surface area contributed by atoms with Crippen LogP contribution in [0.15, 0.2) is 42.6 Å². The molecule has 0 unspecified atom stereocenters. The van der Waals surface area contributed by atoms with Gasteiger partial charge in [-0.05, 0) is 29.8 Å². The summed E-state index contributed by atoms with van der Waals surface area (Å²) >= 11 is 5.67. The van der Waals surface area contributed by atoms with Crippen molar-refractivity contribution >= 4 is 29.2 Å². The lowest BCUT2D eigenvalue weighted by atomic mass is 10.2. The number of nitrogens with one attached hydrogen (secondary N) is 2. The van der Waals surface area contributed by atoms with Crippen molar-refractivity contribution in [2.75, 3.05) is 5.32 Å². The quantitative estimate of drug-likeness (QED) is 0.755. The van der Waals surface area contributed by atoms with Gasteiger partial charge in [0.15, 0.2) is 0 Å². The molecule has 0 saturated heterocycles. The van der Waals surface area contributed by atoms with Gasteiger partial charge in [0.05, 0.1) is 0 Å². The molecular formula is C14H13ClN4O2. The highest BCUT2D eigenvalue weighted by Gasteiger charge is 2.05. The maximum Gasteiger partial charge on any atom is 0.319 e. The Morgan fingerprint density at radius 3 is 2.71 bits per heavy atom. The topological polar surface area (TPSA) is 97.1 Å². The molecule has 3 amide bonds. The van der Waals surface area contributed by atoms with Crippen molar-refractivity contribution in [3.05, 3.63) is 58.9 Å². The fraction of sp³-hybridized carbons (Fsp3) is 0.0714. The molecule has 108 valence electrons. The molecule has 1 heterocycles. The Bertz CT molecular complexity index is 658. The van der Waals surface area contributed by atoms with Gasteiger partial charge in [-0.15, -0.1) is 0 Å². The summed E-state index contributed by atoms with van der Waals surface area (Å²) in [5.41, 5.74) is 6.81. The van der Waals surface area contributed by atoms with Gasteiger partial charge in [-0.3, -0.25) is 4.79 Å². The number of hydrogen-bond acceptors (Lipinski definition) is 3. The first kappa shape index (κ1) is 14.8. The Labute approximate surface area is 126 Å². The number of primary amides is 1. The Kier molecular flexibility index (Phi) is 4.73. The number of aromatic nitrogens is 1. The van der Waals surface area contributed by atoms with Crippen LogP contribution in [-0.4, -0.2) is 16.9 Å². The molecule has 2 aromatic rings. The Morgan fingerprint density at radius 2 is 2.05 bits per heavy atom. The fourth-order valence-corrected chi connectivity index (χ4v) is 1.73. The van der Waals surface area contributed by atoms with Gasteiger partial charge < -0.3 is 16.4 Å². The van der Waals surface area contributed by atoms with Gasteiger partial charge in [-0.1, -0.05) is 23.7 Å². The number of urea groups is 1. The van der Waals surface area contributed by atoms with Crippen LogP contribution in [-0.2, 0) is 6.54 Å². The summed E-state index contributed by atoms with van der Waals surface area (Å²) in [6.45, 7) is 0.311. The molecule has 6 nitrogen and oxygen atoms in total. The molecule has 0 saturated carbocycles. The van der Waals surface area contributed by atoms with E-state index in [0.717, 1.165) is 5.56 Å². The number of nitrogens with two attached hydrogens (primary N) is 1. The van der Waals surface area contributed by atoms with Gasteiger partial charge >= 0.3 is 6.03 Å². The van der Waals surface area contributed by atoms with Crippen molar-refractivity contribution < 1.29 is 9.59 Å². The molecule has 0 radical (unpaired) electrons. The van der Waals surface area contributed by atoms with Crippen molar-refractivity contribution in [1.82, 2.24) is 10.3 Å². The number of halogens is 1. The van der Waals surface area contributed by atoms with Crippen LogP contribution in [0.2, 0.25) is 5.15 Å². The van der Waals surface area contributed by atoms with Crippen LogP contribution in [0.25, 0.3) is 0 Å². The molecule has 1 aromatic carbocycles. The maximum absolute atomic E-state index is 11.7. The Morgan fingerprint density at radius 1 is 1.24 bits per heavy atom. The molecule has 0 bridgehead atoms. The van der Waals surface area contributed by atoms with E-state index < -0.39 is 11.9 Å². The normalized spacial score (nSPS) is 9.95. The van der Waals surface area contributed by atoms with Gasteiger partial charge in [0, 0.05) is 24.0 Å². The maximum atomic E-state index is 11.7. The van der Waals surface area contributed by atoms with Crippen molar-refractivity contribution in [3.63, 3.8) is 0 Å².